The summed E-state index contributed by atoms with van der Waals surface area (Å²) in [6.07, 6.45) is 2.53. The fourth-order valence-corrected chi connectivity index (χ4v) is 3.15. The van der Waals surface area contributed by atoms with Crippen LogP contribution in [0.3, 0.4) is 0 Å². The van der Waals surface area contributed by atoms with E-state index in [1.54, 1.807) is 0 Å². The van der Waals surface area contributed by atoms with Gasteiger partial charge in [0.25, 0.3) is 0 Å². The Morgan fingerprint density at radius 2 is 1.81 bits per heavy atom. The fraction of sp³-hybridized carbons (Fsp3) is 0.333. The minimum atomic E-state index is 0.241. The minimum absolute atomic E-state index is 0.241. The van der Waals surface area contributed by atoms with E-state index in [4.69, 9.17) is 5.73 Å². The Labute approximate surface area is 154 Å². The van der Waals surface area contributed by atoms with Crippen LogP contribution in [0.2, 0.25) is 0 Å². The van der Waals surface area contributed by atoms with Gasteiger partial charge in [-0.05, 0) is 29.5 Å². The van der Waals surface area contributed by atoms with Gasteiger partial charge in [-0.25, -0.2) is 4.99 Å². The van der Waals surface area contributed by atoms with Crippen molar-refractivity contribution >= 4 is 11.9 Å². The van der Waals surface area contributed by atoms with E-state index < -0.39 is 0 Å². The van der Waals surface area contributed by atoms with Crippen LogP contribution in [-0.2, 0) is 24.3 Å². The smallest absolute Gasteiger partial charge is 0.222 e. The van der Waals surface area contributed by atoms with E-state index in [-0.39, 0.29) is 5.91 Å². The van der Waals surface area contributed by atoms with Crippen molar-refractivity contribution in [2.45, 2.75) is 32.4 Å². The van der Waals surface area contributed by atoms with Crippen molar-refractivity contribution < 1.29 is 4.79 Å². The van der Waals surface area contributed by atoms with Crippen LogP contribution in [0, 0.1) is 0 Å². The zero-order chi connectivity index (χ0) is 18.2. The predicted octanol–water partition coefficient (Wildman–Crippen LogP) is 2.46. The van der Waals surface area contributed by atoms with Gasteiger partial charge in [-0.3, -0.25) is 4.79 Å². The molecule has 0 atom stereocenters. The molecule has 5 nitrogen and oxygen atoms in total. The van der Waals surface area contributed by atoms with E-state index in [1.165, 1.54) is 5.56 Å². The maximum atomic E-state index is 11.9. The Balaban J connectivity index is 1.53. The molecule has 1 saturated heterocycles. The van der Waals surface area contributed by atoms with Gasteiger partial charge in [-0.15, -0.1) is 0 Å². The van der Waals surface area contributed by atoms with Gasteiger partial charge >= 0.3 is 0 Å². The molecule has 3 N–H and O–H groups in total. The van der Waals surface area contributed by atoms with Gasteiger partial charge in [0.2, 0.25) is 5.91 Å². The molecule has 2 aromatic rings. The number of benzene rings is 2. The first-order chi connectivity index (χ1) is 12.7. The summed E-state index contributed by atoms with van der Waals surface area (Å²) in [5.74, 6) is 0.693. The largest absolute Gasteiger partial charge is 0.370 e. The molecule has 5 heteroatoms. The number of hydrogen-bond acceptors (Lipinski definition) is 2. The van der Waals surface area contributed by atoms with Crippen molar-refractivity contribution in [3.05, 3.63) is 71.3 Å². The van der Waals surface area contributed by atoms with E-state index in [0.717, 1.165) is 37.1 Å². The van der Waals surface area contributed by atoms with Gasteiger partial charge in [0.15, 0.2) is 5.96 Å². The summed E-state index contributed by atoms with van der Waals surface area (Å²) in [6, 6.07) is 18.4. The summed E-state index contributed by atoms with van der Waals surface area (Å²) in [5, 5.41) is 3.16. The topological polar surface area (TPSA) is 70.7 Å². The Hall–Kier alpha value is -2.82. The summed E-state index contributed by atoms with van der Waals surface area (Å²) in [4.78, 5) is 18.2. The normalized spacial score (nSPS) is 14.7. The molecule has 0 unspecified atom stereocenters. The second kappa shape index (κ2) is 9.04. The second-order valence-corrected chi connectivity index (χ2v) is 6.55. The molecule has 0 saturated carbocycles. The molecule has 136 valence electrons. The van der Waals surface area contributed by atoms with Crippen LogP contribution >= 0.6 is 0 Å². The maximum Gasteiger partial charge on any atom is 0.222 e. The highest BCUT2D eigenvalue weighted by Crippen LogP contribution is 2.17. The zero-order valence-electron chi connectivity index (χ0n) is 15.0. The quantitative estimate of drug-likeness (QED) is 0.595. The number of amides is 1. The number of hydrogen-bond donors (Lipinski definition) is 2. The SMILES string of the molecule is NC(=NCc1ccccc1CN1CCCC1=O)NCCc1ccccc1. The number of nitrogens with two attached hydrogens (primary N) is 1. The van der Waals surface area contributed by atoms with Crippen molar-refractivity contribution in [2.75, 3.05) is 13.1 Å². The molecule has 1 aliphatic rings. The number of nitrogens with one attached hydrogen (secondary N) is 1. The van der Waals surface area contributed by atoms with Crippen molar-refractivity contribution in [1.82, 2.24) is 10.2 Å². The number of nitrogens with zero attached hydrogens (tertiary/aromatic N) is 2. The van der Waals surface area contributed by atoms with Gasteiger partial charge in [0, 0.05) is 26.1 Å². The van der Waals surface area contributed by atoms with Crippen LogP contribution in [0.25, 0.3) is 0 Å². The first kappa shape index (κ1) is 18.0. The molecule has 0 aliphatic carbocycles. The summed E-state index contributed by atoms with van der Waals surface area (Å²) in [7, 11) is 0. The number of rotatable bonds is 7. The first-order valence-electron chi connectivity index (χ1n) is 9.14. The molecular weight excluding hydrogens is 324 g/mol. The van der Waals surface area contributed by atoms with E-state index in [1.807, 2.05) is 35.2 Å². The highest BCUT2D eigenvalue weighted by molar-refractivity contribution is 5.78. The summed E-state index contributed by atoms with van der Waals surface area (Å²) >= 11 is 0. The molecule has 1 aliphatic heterocycles. The third-order valence-electron chi connectivity index (χ3n) is 4.63. The summed E-state index contributed by atoms with van der Waals surface area (Å²) < 4.78 is 0. The Morgan fingerprint density at radius 3 is 2.54 bits per heavy atom. The van der Waals surface area contributed by atoms with Gasteiger partial charge < -0.3 is 16.0 Å². The average molecular weight is 350 g/mol. The molecule has 0 radical (unpaired) electrons. The maximum absolute atomic E-state index is 11.9. The van der Waals surface area contributed by atoms with E-state index in [0.29, 0.717) is 25.5 Å². The number of carbonyl (C=O) groups excluding carboxylic acids is 1. The molecule has 1 fully saturated rings. The lowest BCUT2D eigenvalue weighted by Crippen LogP contribution is -2.33. The molecule has 3 rings (SSSR count). The molecule has 1 heterocycles. The third-order valence-corrected chi connectivity index (χ3v) is 4.63. The Morgan fingerprint density at radius 1 is 1.08 bits per heavy atom. The van der Waals surface area contributed by atoms with Crippen molar-refractivity contribution in [2.24, 2.45) is 10.7 Å². The van der Waals surface area contributed by atoms with Crippen LogP contribution < -0.4 is 11.1 Å². The van der Waals surface area contributed by atoms with Gasteiger partial charge in [-0.1, -0.05) is 54.6 Å². The Bertz CT molecular complexity index is 758. The third kappa shape index (κ3) is 5.09. The van der Waals surface area contributed by atoms with Crippen LogP contribution in [0.15, 0.2) is 59.6 Å². The highest BCUT2D eigenvalue weighted by Gasteiger charge is 2.20. The van der Waals surface area contributed by atoms with Gasteiger partial charge in [0.1, 0.15) is 0 Å². The minimum Gasteiger partial charge on any atom is -0.370 e. The van der Waals surface area contributed by atoms with Gasteiger partial charge in [-0.2, -0.15) is 0 Å². The van der Waals surface area contributed by atoms with E-state index in [2.05, 4.69) is 34.6 Å². The molecule has 26 heavy (non-hydrogen) atoms. The average Bonchev–Trinajstić information content (AvgIpc) is 3.06. The molecule has 1 amide bonds. The monoisotopic (exact) mass is 350 g/mol. The lowest BCUT2D eigenvalue weighted by molar-refractivity contribution is -0.128. The zero-order valence-corrected chi connectivity index (χ0v) is 15.0. The fourth-order valence-electron chi connectivity index (χ4n) is 3.15. The number of guanidine groups is 1. The first-order valence-corrected chi connectivity index (χ1v) is 9.14. The lowest BCUT2D eigenvalue weighted by atomic mass is 10.1. The molecule has 0 spiro atoms. The standard InChI is InChI=1S/C21H26N4O/c22-21(23-13-12-17-7-2-1-3-8-17)24-15-18-9-4-5-10-19(18)16-25-14-6-11-20(25)26/h1-5,7-10H,6,11-16H2,(H3,22,23,24). The van der Waals surface area contributed by atoms with E-state index >= 15 is 0 Å². The number of likely N-dealkylation sites (tertiary alicyclic amines) is 1. The Kier molecular flexibility index (Phi) is 6.25. The van der Waals surface area contributed by atoms with Crippen LogP contribution in [0.5, 0.6) is 0 Å². The van der Waals surface area contributed by atoms with Crippen molar-refractivity contribution in [1.29, 1.82) is 0 Å². The van der Waals surface area contributed by atoms with Crippen LogP contribution in [-0.4, -0.2) is 29.9 Å². The molecule has 0 aromatic heterocycles. The van der Waals surface area contributed by atoms with E-state index in [9.17, 15) is 4.79 Å². The number of aliphatic imine (C=N–C) groups is 1. The predicted molar refractivity (Wildman–Crippen MR) is 105 cm³/mol. The molecule has 0 bridgehead atoms. The van der Waals surface area contributed by atoms with Crippen LogP contribution in [0.4, 0.5) is 0 Å². The van der Waals surface area contributed by atoms with Crippen molar-refractivity contribution in [3.8, 4) is 0 Å². The number of carbonyl (C=O) groups is 1. The molecular formula is C21H26N4O. The second-order valence-electron chi connectivity index (χ2n) is 6.55. The van der Waals surface area contributed by atoms with Gasteiger partial charge in [0.05, 0.1) is 6.54 Å². The highest BCUT2D eigenvalue weighted by atomic mass is 16.2. The van der Waals surface area contributed by atoms with Crippen molar-refractivity contribution in [3.63, 3.8) is 0 Å². The van der Waals surface area contributed by atoms with Crippen LogP contribution in [0.1, 0.15) is 29.5 Å². The lowest BCUT2D eigenvalue weighted by Gasteiger charge is -2.17. The molecule has 2 aromatic carbocycles. The summed E-state index contributed by atoms with van der Waals surface area (Å²) in [5.41, 5.74) is 9.52. The summed E-state index contributed by atoms with van der Waals surface area (Å²) in [6.45, 7) is 2.77.